The summed E-state index contributed by atoms with van der Waals surface area (Å²) >= 11 is 0. The number of allylic oxidation sites excluding steroid dienone is 1. The average molecular weight is 534 g/mol. The number of hydrogen-bond acceptors (Lipinski definition) is 4. The van der Waals surface area contributed by atoms with Crippen LogP contribution in [0.15, 0.2) is 41.5 Å². The zero-order valence-corrected chi connectivity index (χ0v) is 24.1. The van der Waals surface area contributed by atoms with E-state index in [1.165, 1.54) is 37.7 Å². The second-order valence-corrected chi connectivity index (χ2v) is 14.4. The Morgan fingerprint density at radius 2 is 1.95 bits per heavy atom. The first-order chi connectivity index (χ1) is 18.8. The molecule has 2 heterocycles. The van der Waals surface area contributed by atoms with E-state index in [0.29, 0.717) is 29.8 Å². The predicted molar refractivity (Wildman–Crippen MR) is 151 cm³/mol. The topological polar surface area (TPSA) is 59.0 Å². The van der Waals surface area contributed by atoms with Gasteiger partial charge in [-0.3, -0.25) is 0 Å². The van der Waals surface area contributed by atoms with Crippen molar-refractivity contribution >= 4 is 6.09 Å². The van der Waals surface area contributed by atoms with Gasteiger partial charge in [0.25, 0.3) is 0 Å². The number of hydrogen-bond donors (Lipinski definition) is 1. The molecule has 212 valence electrons. The fraction of sp³-hybridized carbons (Fsp3) is 0.735. The molecule has 1 amide bonds. The smallest absolute Gasteiger partial charge is 0.410 e. The van der Waals surface area contributed by atoms with E-state index in [0.717, 1.165) is 56.0 Å². The highest BCUT2D eigenvalue weighted by atomic mass is 16.6. The number of rotatable bonds is 2. The van der Waals surface area contributed by atoms with Crippen LogP contribution in [0.2, 0.25) is 0 Å². The molecule has 4 aliphatic carbocycles. The first kappa shape index (κ1) is 26.1. The molecule has 39 heavy (non-hydrogen) atoms. The fourth-order valence-corrected chi connectivity index (χ4v) is 10.4. The highest BCUT2D eigenvalue weighted by Gasteiger charge is 2.60. The molecule has 1 aromatic rings. The van der Waals surface area contributed by atoms with Crippen LogP contribution in [0.25, 0.3) is 0 Å². The molecular formula is C34H47NO4. The molecule has 1 N–H and O–H groups in total. The lowest BCUT2D eigenvalue weighted by molar-refractivity contribution is -0.0723. The maximum atomic E-state index is 13.4. The van der Waals surface area contributed by atoms with E-state index in [4.69, 9.17) is 9.47 Å². The molecule has 5 nitrogen and oxygen atoms in total. The molecule has 0 radical (unpaired) electrons. The number of ether oxygens (including phenoxy) is 2. The molecule has 2 saturated heterocycles. The van der Waals surface area contributed by atoms with E-state index in [9.17, 15) is 9.90 Å². The van der Waals surface area contributed by atoms with Gasteiger partial charge in [-0.15, -0.1) is 0 Å². The lowest BCUT2D eigenvalue weighted by Crippen LogP contribution is -2.51. The van der Waals surface area contributed by atoms with Gasteiger partial charge in [-0.2, -0.15) is 0 Å². The standard InChI is InChI=1S/C34H47NO4/c1-21-15-31-30(35(19-21)32(37)38-20-23-7-5-4-6-8-23)18-34(39-31)14-12-26-27-10-9-24-16-25(36)11-13-33(24,3)29(27)17-28(26)22(34)2/h4-8,21,24-27,29-31,36H,9-20H2,1-3H3/t21-,24?,25?,26?,27?,29?,30-,31?,33?,34?/m0/s1. The van der Waals surface area contributed by atoms with Crippen LogP contribution in [-0.4, -0.2) is 46.5 Å². The number of carbonyl (C=O) groups excluding carboxylic acids is 1. The van der Waals surface area contributed by atoms with Gasteiger partial charge in [-0.05, 0) is 111 Å². The summed E-state index contributed by atoms with van der Waals surface area (Å²) in [5.74, 6) is 3.35. The zero-order valence-electron chi connectivity index (χ0n) is 24.1. The second kappa shape index (κ2) is 9.62. The quantitative estimate of drug-likeness (QED) is 0.421. The molecule has 1 aromatic carbocycles. The highest BCUT2D eigenvalue weighted by Crippen LogP contribution is 2.66. The summed E-state index contributed by atoms with van der Waals surface area (Å²) in [7, 11) is 0. The van der Waals surface area contributed by atoms with E-state index in [1.54, 1.807) is 5.57 Å². The Bertz CT molecular complexity index is 1130. The van der Waals surface area contributed by atoms with Crippen LogP contribution in [0.1, 0.15) is 90.5 Å². The minimum absolute atomic E-state index is 0.0903. The molecular weight excluding hydrogens is 486 g/mol. The molecule has 6 aliphatic rings. The third-order valence-corrected chi connectivity index (χ3v) is 12.5. The average Bonchev–Trinajstić information content (AvgIpc) is 3.50. The third-order valence-electron chi connectivity index (χ3n) is 12.5. The lowest BCUT2D eigenvalue weighted by Gasteiger charge is -2.53. The van der Waals surface area contributed by atoms with Gasteiger partial charge in [0, 0.05) is 13.0 Å². The largest absolute Gasteiger partial charge is 0.445 e. The van der Waals surface area contributed by atoms with E-state index in [1.807, 2.05) is 35.2 Å². The monoisotopic (exact) mass is 533 g/mol. The molecule has 7 rings (SSSR count). The molecule has 0 aromatic heterocycles. The van der Waals surface area contributed by atoms with E-state index >= 15 is 0 Å². The molecule has 1 spiro atoms. The molecule has 8 unspecified atom stereocenters. The Kier molecular flexibility index (Phi) is 6.43. The molecule has 0 bridgehead atoms. The number of aliphatic hydroxyl groups is 1. The van der Waals surface area contributed by atoms with Gasteiger partial charge in [0.05, 0.1) is 23.9 Å². The third kappa shape index (κ3) is 4.20. The molecule has 3 saturated carbocycles. The molecule has 10 atom stereocenters. The van der Waals surface area contributed by atoms with Crippen molar-refractivity contribution in [1.82, 2.24) is 4.90 Å². The minimum Gasteiger partial charge on any atom is -0.445 e. The Labute approximate surface area is 234 Å². The van der Waals surface area contributed by atoms with Crippen molar-refractivity contribution in [1.29, 1.82) is 0 Å². The fourth-order valence-electron chi connectivity index (χ4n) is 10.4. The Morgan fingerprint density at radius 1 is 1.13 bits per heavy atom. The van der Waals surface area contributed by atoms with Crippen molar-refractivity contribution in [3.05, 3.63) is 47.0 Å². The second-order valence-electron chi connectivity index (χ2n) is 14.4. The number of likely N-dealkylation sites (tertiary alicyclic amines) is 1. The number of carbonyl (C=O) groups is 1. The number of nitrogens with zero attached hydrogens (tertiary/aromatic N) is 1. The number of aliphatic hydroxyl groups excluding tert-OH is 1. The summed E-state index contributed by atoms with van der Waals surface area (Å²) in [5, 5.41) is 10.4. The Morgan fingerprint density at radius 3 is 2.77 bits per heavy atom. The Balaban J connectivity index is 1.12. The van der Waals surface area contributed by atoms with Gasteiger partial charge in [0.15, 0.2) is 0 Å². The first-order valence-electron chi connectivity index (χ1n) is 15.8. The highest BCUT2D eigenvalue weighted by molar-refractivity contribution is 5.68. The van der Waals surface area contributed by atoms with Crippen molar-refractivity contribution < 1.29 is 19.4 Å². The molecule has 5 fully saturated rings. The van der Waals surface area contributed by atoms with E-state index in [2.05, 4.69) is 20.8 Å². The zero-order chi connectivity index (χ0) is 26.9. The van der Waals surface area contributed by atoms with Crippen molar-refractivity contribution in [2.75, 3.05) is 6.54 Å². The number of piperidine rings is 1. The predicted octanol–water partition coefficient (Wildman–Crippen LogP) is 6.89. The van der Waals surface area contributed by atoms with Crippen LogP contribution in [-0.2, 0) is 16.1 Å². The summed E-state index contributed by atoms with van der Waals surface area (Å²) in [6.07, 6.45) is 11.1. The van der Waals surface area contributed by atoms with Gasteiger partial charge in [-0.25, -0.2) is 4.79 Å². The summed E-state index contributed by atoms with van der Waals surface area (Å²) in [5.41, 5.74) is 4.38. The van der Waals surface area contributed by atoms with Gasteiger partial charge < -0.3 is 19.5 Å². The lowest BCUT2D eigenvalue weighted by atomic mass is 9.52. The van der Waals surface area contributed by atoms with E-state index in [-0.39, 0.29) is 29.9 Å². The van der Waals surface area contributed by atoms with E-state index < -0.39 is 0 Å². The van der Waals surface area contributed by atoms with Crippen LogP contribution in [0, 0.1) is 35.0 Å². The maximum absolute atomic E-state index is 13.4. The van der Waals surface area contributed by atoms with Crippen LogP contribution in [0.3, 0.4) is 0 Å². The van der Waals surface area contributed by atoms with Crippen LogP contribution in [0.5, 0.6) is 0 Å². The van der Waals surface area contributed by atoms with Gasteiger partial charge in [0.2, 0.25) is 0 Å². The minimum atomic E-state index is -0.222. The van der Waals surface area contributed by atoms with Crippen molar-refractivity contribution in [3.63, 3.8) is 0 Å². The molecule has 2 aliphatic heterocycles. The number of benzene rings is 1. The van der Waals surface area contributed by atoms with Crippen molar-refractivity contribution in [2.45, 2.75) is 115 Å². The first-order valence-corrected chi connectivity index (χ1v) is 15.8. The number of amides is 1. The maximum Gasteiger partial charge on any atom is 0.410 e. The van der Waals surface area contributed by atoms with Crippen molar-refractivity contribution in [2.24, 2.45) is 35.0 Å². The Hall–Kier alpha value is -1.85. The van der Waals surface area contributed by atoms with Gasteiger partial charge >= 0.3 is 6.09 Å². The van der Waals surface area contributed by atoms with Crippen LogP contribution < -0.4 is 0 Å². The van der Waals surface area contributed by atoms with Gasteiger partial charge in [-0.1, -0.05) is 49.8 Å². The summed E-state index contributed by atoms with van der Waals surface area (Å²) < 4.78 is 12.9. The van der Waals surface area contributed by atoms with Gasteiger partial charge in [0.1, 0.15) is 6.61 Å². The van der Waals surface area contributed by atoms with Crippen molar-refractivity contribution in [3.8, 4) is 0 Å². The summed E-state index contributed by atoms with van der Waals surface area (Å²) in [4.78, 5) is 15.4. The van der Waals surface area contributed by atoms with Crippen LogP contribution >= 0.6 is 0 Å². The SMILES string of the molecule is CC1=C2CC3C(CCC4CC(O)CCC43C)C2CCC12C[C@H]1C(C[C@H](C)CN1C(=O)OCc1ccccc1)O2. The summed E-state index contributed by atoms with van der Waals surface area (Å²) in [6.45, 7) is 8.25. The summed E-state index contributed by atoms with van der Waals surface area (Å²) in [6, 6.07) is 10.1. The normalized spacial score (nSPS) is 45.0. The van der Waals surface area contributed by atoms with Crippen LogP contribution in [0.4, 0.5) is 4.79 Å². The number of fused-ring (bicyclic) bond motifs is 6. The molecule has 5 heteroatoms.